The molecule has 0 spiro atoms. The number of carbonyl (C=O) groups is 1. The van der Waals surface area contributed by atoms with Crippen LogP contribution in [0.5, 0.6) is 5.75 Å². The number of hydrogen-bond acceptors (Lipinski definition) is 4. The van der Waals surface area contributed by atoms with E-state index in [0.717, 1.165) is 6.42 Å². The second-order valence-electron chi connectivity index (χ2n) is 5.57. The van der Waals surface area contributed by atoms with E-state index in [2.05, 4.69) is 5.10 Å². The average Bonchev–Trinajstić information content (AvgIpc) is 2.90. The van der Waals surface area contributed by atoms with E-state index in [1.165, 1.54) is 0 Å². The van der Waals surface area contributed by atoms with Crippen molar-refractivity contribution in [2.45, 2.75) is 44.5 Å². The third-order valence-corrected chi connectivity index (χ3v) is 3.66. The number of nitrogens with zero attached hydrogens (tertiary/aromatic N) is 2. The Morgan fingerprint density at radius 3 is 2.62 bits per heavy atom. The summed E-state index contributed by atoms with van der Waals surface area (Å²) in [6.07, 6.45) is -4.03. The van der Waals surface area contributed by atoms with Crippen molar-refractivity contribution in [2.24, 2.45) is 5.10 Å². The van der Waals surface area contributed by atoms with Crippen LogP contribution in [0.2, 0.25) is 0 Å². The number of unbranched alkanes of at least 4 members (excludes halogenated alkanes) is 1. The van der Waals surface area contributed by atoms with Gasteiger partial charge in [0, 0.05) is 12.1 Å². The van der Waals surface area contributed by atoms with Gasteiger partial charge in [-0.3, -0.25) is 4.79 Å². The molecule has 132 valence electrons. The van der Waals surface area contributed by atoms with Gasteiger partial charge in [0.25, 0.3) is 11.6 Å². The van der Waals surface area contributed by atoms with Gasteiger partial charge >= 0.3 is 6.18 Å². The number of alkyl halides is 3. The fourth-order valence-electron chi connectivity index (χ4n) is 2.34. The maximum Gasteiger partial charge on any atom is 0.438 e. The number of hydrazone groups is 1. The molecule has 0 aromatic heterocycles. The predicted molar refractivity (Wildman–Crippen MR) is 81.4 cm³/mol. The smallest absolute Gasteiger partial charge is 0.438 e. The number of hydrogen-bond donors (Lipinski definition) is 1. The Morgan fingerprint density at radius 1 is 1.38 bits per heavy atom. The number of carbonyl (C=O) groups excluding carboxylic acids is 1. The molecule has 2 rings (SSSR count). The molecule has 1 aliphatic heterocycles. The second kappa shape index (κ2) is 7.21. The quantitative estimate of drug-likeness (QED) is 0.863. The summed E-state index contributed by atoms with van der Waals surface area (Å²) in [6, 6.07) is 8.22. The van der Waals surface area contributed by atoms with Crippen molar-refractivity contribution >= 4 is 11.6 Å². The molecule has 24 heavy (non-hydrogen) atoms. The molecule has 0 saturated heterocycles. The van der Waals surface area contributed by atoms with Crippen LogP contribution >= 0.6 is 0 Å². The van der Waals surface area contributed by atoms with E-state index in [4.69, 9.17) is 4.74 Å². The highest BCUT2D eigenvalue weighted by Crippen LogP contribution is 2.41. The minimum atomic E-state index is -5.01. The molecule has 1 atom stereocenters. The van der Waals surface area contributed by atoms with Crippen LogP contribution in [0.3, 0.4) is 0 Å². The van der Waals surface area contributed by atoms with Crippen molar-refractivity contribution in [2.75, 3.05) is 6.61 Å². The van der Waals surface area contributed by atoms with E-state index in [0.29, 0.717) is 18.6 Å². The van der Waals surface area contributed by atoms with Gasteiger partial charge in [-0.15, -0.1) is 0 Å². The lowest BCUT2D eigenvalue weighted by Crippen LogP contribution is -2.57. The van der Waals surface area contributed by atoms with Gasteiger partial charge in [-0.2, -0.15) is 23.3 Å². The molecular weight excluding hydrogens is 325 g/mol. The SMILES string of the molecule is CCCCC1=NN(C(=O)COc2ccccc2)[C@](O)(C(F)(F)F)C1. The van der Waals surface area contributed by atoms with Crippen molar-refractivity contribution in [3.05, 3.63) is 30.3 Å². The molecule has 0 aliphatic carbocycles. The first kappa shape index (κ1) is 18.3. The lowest BCUT2D eigenvalue weighted by Gasteiger charge is -2.32. The first-order valence-electron chi connectivity index (χ1n) is 7.64. The van der Waals surface area contributed by atoms with Crippen LogP contribution in [0.25, 0.3) is 0 Å². The van der Waals surface area contributed by atoms with E-state index >= 15 is 0 Å². The van der Waals surface area contributed by atoms with Gasteiger partial charge < -0.3 is 9.84 Å². The van der Waals surface area contributed by atoms with Gasteiger partial charge in [-0.25, -0.2) is 0 Å². The topological polar surface area (TPSA) is 62.1 Å². The van der Waals surface area contributed by atoms with Crippen LogP contribution in [0.4, 0.5) is 13.2 Å². The van der Waals surface area contributed by atoms with Crippen LogP contribution in [0, 0.1) is 0 Å². The highest BCUT2D eigenvalue weighted by Gasteiger charge is 2.63. The van der Waals surface area contributed by atoms with Gasteiger partial charge in [0.05, 0.1) is 0 Å². The molecule has 0 bridgehead atoms. The third-order valence-electron chi connectivity index (χ3n) is 3.66. The summed E-state index contributed by atoms with van der Waals surface area (Å²) >= 11 is 0. The average molecular weight is 344 g/mol. The molecular formula is C16H19F3N2O3. The normalized spacial score (nSPS) is 20.9. The van der Waals surface area contributed by atoms with Gasteiger partial charge in [-0.1, -0.05) is 31.5 Å². The second-order valence-corrected chi connectivity index (χ2v) is 5.57. The highest BCUT2D eigenvalue weighted by atomic mass is 19.4. The van der Waals surface area contributed by atoms with Crippen molar-refractivity contribution < 1.29 is 27.8 Å². The molecule has 1 aromatic carbocycles. The molecule has 1 N–H and O–H groups in total. The summed E-state index contributed by atoms with van der Waals surface area (Å²) in [5.74, 6) is -0.707. The molecule has 0 radical (unpaired) electrons. The Balaban J connectivity index is 2.12. The minimum absolute atomic E-state index is 0.112. The van der Waals surface area contributed by atoms with Gasteiger partial charge in [0.15, 0.2) is 6.61 Å². The van der Waals surface area contributed by atoms with Crippen LogP contribution in [0.15, 0.2) is 35.4 Å². The van der Waals surface area contributed by atoms with E-state index in [1.54, 1.807) is 30.3 Å². The van der Waals surface area contributed by atoms with Gasteiger partial charge in [0.2, 0.25) is 0 Å². The zero-order chi connectivity index (χ0) is 17.8. The Labute approximate surface area is 137 Å². The van der Waals surface area contributed by atoms with E-state index < -0.39 is 30.8 Å². The summed E-state index contributed by atoms with van der Waals surface area (Å²) in [4.78, 5) is 12.1. The number of ether oxygens (including phenoxy) is 1. The number of benzene rings is 1. The van der Waals surface area contributed by atoms with Crippen molar-refractivity contribution in [3.8, 4) is 5.75 Å². The highest BCUT2D eigenvalue weighted by molar-refractivity contribution is 5.91. The molecule has 1 aliphatic rings. The standard InChI is InChI=1S/C16H19F3N2O3/c1-2-3-7-12-10-15(23,16(17,18)19)21(20-12)14(22)11-24-13-8-5-4-6-9-13/h4-6,8-9,23H,2-3,7,10-11H2,1H3/t15-/m1/s1. The zero-order valence-electron chi connectivity index (χ0n) is 13.2. The summed E-state index contributed by atoms with van der Waals surface area (Å²) in [5.41, 5.74) is -3.16. The molecule has 5 nitrogen and oxygen atoms in total. The first-order chi connectivity index (χ1) is 11.3. The molecule has 1 amide bonds. The van der Waals surface area contributed by atoms with Gasteiger partial charge in [0.1, 0.15) is 5.75 Å². The summed E-state index contributed by atoms with van der Waals surface area (Å²) in [5, 5.41) is 13.9. The number of rotatable bonds is 6. The molecule has 1 heterocycles. The maximum absolute atomic E-state index is 13.3. The predicted octanol–water partition coefficient (Wildman–Crippen LogP) is 3.09. The van der Waals surface area contributed by atoms with E-state index in [9.17, 15) is 23.1 Å². The number of amides is 1. The number of halogens is 3. The Bertz CT molecular complexity index is 604. The molecule has 1 aromatic rings. The molecule has 0 fully saturated rings. The van der Waals surface area contributed by atoms with E-state index in [1.807, 2.05) is 6.92 Å². The lowest BCUT2D eigenvalue weighted by atomic mass is 10.0. The zero-order valence-corrected chi connectivity index (χ0v) is 13.2. The van der Waals surface area contributed by atoms with Crippen LogP contribution < -0.4 is 4.74 Å². The van der Waals surface area contributed by atoms with Crippen LogP contribution in [-0.2, 0) is 4.79 Å². The fraction of sp³-hybridized carbons (Fsp3) is 0.500. The summed E-state index contributed by atoms with van der Waals surface area (Å²) in [7, 11) is 0. The Hall–Kier alpha value is -2.09. The van der Waals surface area contributed by atoms with Crippen molar-refractivity contribution in [3.63, 3.8) is 0 Å². The number of aliphatic hydroxyl groups is 1. The summed E-state index contributed by atoms with van der Waals surface area (Å²) in [6.45, 7) is 1.25. The Morgan fingerprint density at radius 2 is 2.04 bits per heavy atom. The minimum Gasteiger partial charge on any atom is -0.484 e. The van der Waals surface area contributed by atoms with Crippen molar-refractivity contribution in [1.29, 1.82) is 0 Å². The maximum atomic E-state index is 13.3. The summed E-state index contributed by atoms with van der Waals surface area (Å²) < 4.78 is 44.9. The van der Waals surface area contributed by atoms with Crippen LogP contribution in [0.1, 0.15) is 32.6 Å². The number of para-hydroxylation sites is 1. The van der Waals surface area contributed by atoms with Gasteiger partial charge in [-0.05, 0) is 25.0 Å². The van der Waals surface area contributed by atoms with Crippen molar-refractivity contribution in [1.82, 2.24) is 5.01 Å². The molecule has 0 saturated carbocycles. The van der Waals surface area contributed by atoms with Crippen LogP contribution in [-0.4, -0.2) is 40.2 Å². The monoisotopic (exact) mass is 344 g/mol. The largest absolute Gasteiger partial charge is 0.484 e. The van der Waals surface area contributed by atoms with E-state index in [-0.39, 0.29) is 10.7 Å². The molecule has 0 unspecified atom stereocenters. The fourth-order valence-corrected chi connectivity index (χ4v) is 2.34. The lowest BCUT2D eigenvalue weighted by molar-refractivity contribution is -0.302. The third kappa shape index (κ3) is 3.87. The molecule has 8 heteroatoms. The Kier molecular flexibility index (Phi) is 5.48. The first-order valence-corrected chi connectivity index (χ1v) is 7.64.